The summed E-state index contributed by atoms with van der Waals surface area (Å²) < 4.78 is 28.6. The van der Waals surface area contributed by atoms with Crippen molar-refractivity contribution in [2.24, 2.45) is 0 Å². The number of hydrogen-bond acceptors (Lipinski definition) is 4. The maximum Gasteiger partial charge on any atom is 0.264 e. The van der Waals surface area contributed by atoms with Gasteiger partial charge in [-0.15, -0.1) is 0 Å². The van der Waals surface area contributed by atoms with Crippen LogP contribution in [0.25, 0.3) is 0 Å². The number of benzene rings is 3. The molecule has 0 saturated heterocycles. The lowest BCUT2D eigenvalue weighted by Gasteiger charge is -2.32. The summed E-state index contributed by atoms with van der Waals surface area (Å²) in [7, 11) is -2.60. The Balaban J connectivity index is 2.06. The summed E-state index contributed by atoms with van der Waals surface area (Å²) in [5.41, 5.74) is 2.79. The molecule has 36 heavy (non-hydrogen) atoms. The van der Waals surface area contributed by atoms with E-state index in [1.807, 2.05) is 13.0 Å². The van der Waals surface area contributed by atoms with E-state index < -0.39 is 28.5 Å². The number of halogens is 1. The van der Waals surface area contributed by atoms with Crippen LogP contribution in [0.3, 0.4) is 0 Å². The van der Waals surface area contributed by atoms with Gasteiger partial charge in [-0.1, -0.05) is 59.6 Å². The van der Waals surface area contributed by atoms with Crippen molar-refractivity contribution in [3.63, 3.8) is 0 Å². The van der Waals surface area contributed by atoms with Gasteiger partial charge in [0, 0.05) is 18.6 Å². The van der Waals surface area contributed by atoms with Gasteiger partial charge in [0.25, 0.3) is 10.0 Å². The number of sulfonamides is 1. The Hall–Kier alpha value is -3.36. The molecule has 190 valence electrons. The quantitative estimate of drug-likeness (QED) is 0.449. The van der Waals surface area contributed by atoms with Crippen LogP contribution in [0.15, 0.2) is 77.7 Å². The fourth-order valence-corrected chi connectivity index (χ4v) is 5.65. The third-order valence-electron chi connectivity index (χ3n) is 5.89. The molecule has 0 heterocycles. The lowest BCUT2D eigenvalue weighted by Crippen LogP contribution is -2.50. The van der Waals surface area contributed by atoms with Crippen molar-refractivity contribution in [3.05, 3.63) is 94.5 Å². The first kappa shape index (κ1) is 27.2. The van der Waals surface area contributed by atoms with E-state index in [0.29, 0.717) is 16.3 Å². The number of hydrogen-bond donors (Lipinski definition) is 1. The monoisotopic (exact) mass is 527 g/mol. The van der Waals surface area contributed by atoms with Crippen LogP contribution in [0.5, 0.6) is 0 Å². The minimum atomic E-state index is -4.08. The molecular weight excluding hydrogens is 498 g/mol. The molecule has 3 aromatic carbocycles. The molecule has 7 nitrogen and oxygen atoms in total. The summed E-state index contributed by atoms with van der Waals surface area (Å²) in [6.45, 7) is 4.92. The number of anilines is 1. The average Bonchev–Trinajstić information content (AvgIpc) is 2.85. The van der Waals surface area contributed by atoms with E-state index in [0.717, 1.165) is 15.4 Å². The van der Waals surface area contributed by atoms with E-state index in [9.17, 15) is 18.0 Å². The Bertz CT molecular complexity index is 1350. The third-order valence-corrected chi connectivity index (χ3v) is 7.90. The van der Waals surface area contributed by atoms with E-state index in [2.05, 4.69) is 5.32 Å². The molecule has 0 fully saturated rings. The van der Waals surface area contributed by atoms with Gasteiger partial charge in [0.15, 0.2) is 0 Å². The molecular formula is C27H30ClN3O4S. The summed E-state index contributed by atoms with van der Waals surface area (Å²) in [6.07, 6.45) is 0. The molecule has 0 bridgehead atoms. The first-order chi connectivity index (χ1) is 17.0. The molecule has 1 N–H and O–H groups in total. The summed E-state index contributed by atoms with van der Waals surface area (Å²) in [5.74, 6) is -0.889. The van der Waals surface area contributed by atoms with Gasteiger partial charge >= 0.3 is 0 Å². The lowest BCUT2D eigenvalue weighted by molar-refractivity contribution is -0.139. The molecule has 3 rings (SSSR count). The van der Waals surface area contributed by atoms with Gasteiger partial charge in [0.2, 0.25) is 11.8 Å². The van der Waals surface area contributed by atoms with Crippen LogP contribution < -0.4 is 9.62 Å². The number of nitrogens with one attached hydrogen (secondary N) is 1. The Morgan fingerprint density at radius 2 is 1.67 bits per heavy atom. The molecule has 0 saturated carbocycles. The zero-order valence-electron chi connectivity index (χ0n) is 20.7. The van der Waals surface area contributed by atoms with Crippen LogP contribution in [0.4, 0.5) is 5.69 Å². The highest BCUT2D eigenvalue weighted by molar-refractivity contribution is 7.92. The van der Waals surface area contributed by atoms with Crippen molar-refractivity contribution >= 4 is 39.1 Å². The van der Waals surface area contributed by atoms with Crippen LogP contribution in [0, 0.1) is 13.8 Å². The maximum atomic E-state index is 13.7. The predicted octanol–water partition coefficient (Wildman–Crippen LogP) is 4.32. The molecule has 1 atom stereocenters. The van der Waals surface area contributed by atoms with Crippen molar-refractivity contribution in [1.29, 1.82) is 0 Å². The molecule has 0 aliphatic rings. The van der Waals surface area contributed by atoms with Gasteiger partial charge in [-0.25, -0.2) is 8.42 Å². The minimum Gasteiger partial charge on any atom is -0.357 e. The lowest BCUT2D eigenvalue weighted by atomic mass is 10.1. The van der Waals surface area contributed by atoms with Gasteiger partial charge in [0.1, 0.15) is 12.6 Å². The summed E-state index contributed by atoms with van der Waals surface area (Å²) in [4.78, 5) is 27.7. The van der Waals surface area contributed by atoms with Crippen molar-refractivity contribution in [3.8, 4) is 0 Å². The van der Waals surface area contributed by atoms with Crippen LogP contribution >= 0.6 is 11.6 Å². The first-order valence-electron chi connectivity index (χ1n) is 11.4. The molecule has 0 spiro atoms. The van der Waals surface area contributed by atoms with E-state index in [4.69, 9.17) is 11.6 Å². The second-order valence-corrected chi connectivity index (χ2v) is 10.9. The summed E-state index contributed by atoms with van der Waals surface area (Å²) >= 11 is 6.13. The summed E-state index contributed by atoms with van der Waals surface area (Å²) in [5, 5.41) is 3.06. The van der Waals surface area contributed by atoms with Gasteiger partial charge in [-0.2, -0.15) is 0 Å². The Labute approximate surface area is 217 Å². The zero-order valence-corrected chi connectivity index (χ0v) is 22.3. The molecule has 9 heteroatoms. The van der Waals surface area contributed by atoms with Crippen LogP contribution in [0.1, 0.15) is 23.6 Å². The Morgan fingerprint density at radius 3 is 2.28 bits per heavy atom. The van der Waals surface area contributed by atoms with Gasteiger partial charge in [-0.05, 0) is 62.2 Å². The van der Waals surface area contributed by atoms with Crippen molar-refractivity contribution < 1.29 is 18.0 Å². The van der Waals surface area contributed by atoms with E-state index >= 15 is 0 Å². The van der Waals surface area contributed by atoms with Gasteiger partial charge < -0.3 is 10.2 Å². The zero-order chi connectivity index (χ0) is 26.5. The molecule has 0 unspecified atom stereocenters. The second kappa shape index (κ2) is 11.6. The van der Waals surface area contributed by atoms with Crippen LogP contribution in [-0.4, -0.2) is 44.8 Å². The highest BCUT2D eigenvalue weighted by Crippen LogP contribution is 2.28. The van der Waals surface area contributed by atoms with Crippen molar-refractivity contribution in [2.45, 2.75) is 38.3 Å². The Kier molecular flexibility index (Phi) is 8.76. The highest BCUT2D eigenvalue weighted by atomic mass is 35.5. The smallest absolute Gasteiger partial charge is 0.264 e. The highest BCUT2D eigenvalue weighted by Gasteiger charge is 2.32. The Morgan fingerprint density at radius 1 is 0.972 bits per heavy atom. The fourth-order valence-electron chi connectivity index (χ4n) is 3.94. The van der Waals surface area contributed by atoms with Crippen LogP contribution in [-0.2, 0) is 26.2 Å². The van der Waals surface area contributed by atoms with E-state index in [-0.39, 0.29) is 17.3 Å². The topological polar surface area (TPSA) is 86.8 Å². The third kappa shape index (κ3) is 6.25. The van der Waals surface area contributed by atoms with Gasteiger partial charge in [0.05, 0.1) is 10.6 Å². The first-order valence-corrected chi connectivity index (χ1v) is 13.3. The van der Waals surface area contributed by atoms with Crippen molar-refractivity contribution in [1.82, 2.24) is 10.2 Å². The predicted molar refractivity (Wildman–Crippen MR) is 142 cm³/mol. The number of likely N-dealkylation sites (N-methyl/N-ethyl adjacent to an activating group) is 1. The number of nitrogens with zero attached hydrogens (tertiary/aromatic N) is 2. The van der Waals surface area contributed by atoms with Crippen molar-refractivity contribution in [2.75, 3.05) is 17.9 Å². The number of rotatable bonds is 9. The largest absolute Gasteiger partial charge is 0.357 e. The molecule has 2 amide bonds. The van der Waals surface area contributed by atoms with Gasteiger partial charge in [-0.3, -0.25) is 13.9 Å². The van der Waals surface area contributed by atoms with E-state index in [1.54, 1.807) is 68.4 Å². The summed E-state index contributed by atoms with van der Waals surface area (Å²) in [6, 6.07) is 19.5. The molecule has 3 aromatic rings. The fraction of sp³-hybridized carbons (Fsp3) is 0.259. The maximum absolute atomic E-state index is 13.7. The molecule has 0 aliphatic carbocycles. The SMILES string of the molecule is CNC(=O)[C@H](C)N(Cc1cccc(Cl)c1)C(=O)CN(c1ccc(C)cc1C)S(=O)(=O)c1ccccc1. The van der Waals surface area contributed by atoms with Crippen LogP contribution in [0.2, 0.25) is 5.02 Å². The molecule has 0 radical (unpaired) electrons. The van der Waals surface area contributed by atoms with E-state index in [1.165, 1.54) is 24.1 Å². The number of carbonyl (C=O) groups excluding carboxylic acids is 2. The standard InChI is InChI=1S/C27H30ClN3O4S/c1-19-13-14-25(20(2)15-19)31(36(34,35)24-11-6-5-7-12-24)18-26(32)30(21(3)27(33)29-4)17-22-9-8-10-23(28)16-22/h5-16,21H,17-18H2,1-4H3,(H,29,33)/t21-/m0/s1. The normalized spacial score (nSPS) is 12.0. The second-order valence-electron chi connectivity index (χ2n) is 8.56. The number of carbonyl (C=O) groups is 2. The molecule has 0 aliphatic heterocycles. The minimum absolute atomic E-state index is 0.0681. The number of amides is 2. The molecule has 0 aromatic heterocycles. The average molecular weight is 528 g/mol. The number of aryl methyl sites for hydroxylation is 2.